The van der Waals surface area contributed by atoms with Crippen molar-refractivity contribution in [3.05, 3.63) is 108 Å². The number of methoxy groups -OCH3 is 1. The van der Waals surface area contributed by atoms with E-state index in [0.717, 1.165) is 53.9 Å². The van der Waals surface area contributed by atoms with Gasteiger partial charge in [-0.15, -0.1) is 0 Å². The zero-order valence-corrected chi connectivity index (χ0v) is 22.1. The number of hydrogen-bond acceptors (Lipinski definition) is 6. The Bertz CT molecular complexity index is 1290. The van der Waals surface area contributed by atoms with Crippen LogP contribution >= 0.6 is 0 Å². The van der Waals surface area contributed by atoms with Gasteiger partial charge in [-0.05, 0) is 98.0 Å². The highest BCUT2D eigenvalue weighted by atomic mass is 16.5. The standard InChI is InChI=1S/C33H32O6/c1-3-32(34)38-25-7-5-4-6-24-37-30-19-12-28(13-20-30)16-23-33(35)39-31-21-14-27(15-22-31)9-8-26-10-17-29(36-2)18-11-26/h3,10-23H,1,4-7,24-25H2,2H3/b23-16+. The van der Waals surface area contributed by atoms with E-state index in [2.05, 4.69) is 18.4 Å². The highest BCUT2D eigenvalue weighted by Gasteiger charge is 2.02. The Kier molecular flexibility index (Phi) is 11.9. The Labute approximate surface area is 229 Å². The first kappa shape index (κ1) is 28.8. The van der Waals surface area contributed by atoms with E-state index in [1.807, 2.05) is 60.7 Å². The molecule has 6 heteroatoms. The predicted molar refractivity (Wildman–Crippen MR) is 152 cm³/mol. The second kappa shape index (κ2) is 16.2. The minimum Gasteiger partial charge on any atom is -0.497 e. The monoisotopic (exact) mass is 524 g/mol. The number of unbranched alkanes of at least 4 members (excludes halogenated alkanes) is 3. The molecule has 200 valence electrons. The van der Waals surface area contributed by atoms with Gasteiger partial charge in [0.2, 0.25) is 0 Å². The van der Waals surface area contributed by atoms with Crippen LogP contribution in [0.2, 0.25) is 0 Å². The number of benzene rings is 3. The third-order valence-corrected chi connectivity index (χ3v) is 5.52. The number of ether oxygens (including phenoxy) is 4. The van der Waals surface area contributed by atoms with Gasteiger partial charge in [-0.25, -0.2) is 9.59 Å². The summed E-state index contributed by atoms with van der Waals surface area (Å²) in [6.07, 6.45) is 7.96. The number of esters is 2. The number of carbonyl (C=O) groups is 2. The molecule has 6 nitrogen and oxygen atoms in total. The van der Waals surface area contributed by atoms with Crippen molar-refractivity contribution in [2.75, 3.05) is 20.3 Å². The van der Waals surface area contributed by atoms with Gasteiger partial charge in [-0.3, -0.25) is 0 Å². The summed E-state index contributed by atoms with van der Waals surface area (Å²) < 4.78 is 21.2. The third-order valence-electron chi connectivity index (χ3n) is 5.52. The average molecular weight is 525 g/mol. The lowest BCUT2D eigenvalue weighted by Gasteiger charge is -2.06. The zero-order valence-electron chi connectivity index (χ0n) is 22.1. The number of carbonyl (C=O) groups excluding carboxylic acids is 2. The van der Waals surface area contributed by atoms with Crippen LogP contribution in [0, 0.1) is 11.8 Å². The Morgan fingerprint density at radius 2 is 1.28 bits per heavy atom. The molecule has 0 aromatic heterocycles. The van der Waals surface area contributed by atoms with Crippen molar-refractivity contribution >= 4 is 18.0 Å². The molecule has 0 radical (unpaired) electrons. The second-order valence-corrected chi connectivity index (χ2v) is 8.46. The molecule has 0 heterocycles. The highest BCUT2D eigenvalue weighted by Crippen LogP contribution is 2.16. The maximum absolute atomic E-state index is 12.2. The SMILES string of the molecule is C=CC(=O)OCCCCCCOc1ccc(/C=C/C(=O)Oc2ccc(C#Cc3ccc(OC)cc3)cc2)cc1. The molecule has 0 aliphatic rings. The fourth-order valence-electron chi connectivity index (χ4n) is 3.39. The van der Waals surface area contributed by atoms with Crippen molar-refractivity contribution in [1.82, 2.24) is 0 Å². The molecule has 0 bridgehead atoms. The summed E-state index contributed by atoms with van der Waals surface area (Å²) >= 11 is 0. The summed E-state index contributed by atoms with van der Waals surface area (Å²) in [6.45, 7) is 4.39. The summed E-state index contributed by atoms with van der Waals surface area (Å²) in [5.74, 6) is 7.33. The second-order valence-electron chi connectivity index (χ2n) is 8.46. The van der Waals surface area contributed by atoms with Gasteiger partial charge < -0.3 is 18.9 Å². The van der Waals surface area contributed by atoms with Gasteiger partial charge in [0.15, 0.2) is 0 Å². The molecule has 0 aliphatic heterocycles. The van der Waals surface area contributed by atoms with Crippen molar-refractivity contribution in [1.29, 1.82) is 0 Å². The molecule has 0 unspecified atom stereocenters. The van der Waals surface area contributed by atoms with Crippen molar-refractivity contribution in [2.45, 2.75) is 25.7 Å². The molecule has 3 rings (SSSR count). The molecule has 0 aliphatic carbocycles. The molecule has 0 saturated carbocycles. The molecule has 0 saturated heterocycles. The van der Waals surface area contributed by atoms with Gasteiger partial charge in [0.1, 0.15) is 17.2 Å². The van der Waals surface area contributed by atoms with E-state index in [0.29, 0.717) is 19.0 Å². The molecule has 3 aromatic carbocycles. The summed E-state index contributed by atoms with van der Waals surface area (Å²) in [5.41, 5.74) is 2.56. The van der Waals surface area contributed by atoms with Crippen molar-refractivity contribution in [3.8, 4) is 29.1 Å². The van der Waals surface area contributed by atoms with Crippen LogP contribution < -0.4 is 14.2 Å². The first-order valence-electron chi connectivity index (χ1n) is 12.7. The first-order chi connectivity index (χ1) is 19.1. The molecule has 0 N–H and O–H groups in total. The summed E-state index contributed by atoms with van der Waals surface area (Å²) in [7, 11) is 1.63. The van der Waals surface area contributed by atoms with E-state index < -0.39 is 5.97 Å². The molecule has 39 heavy (non-hydrogen) atoms. The van der Waals surface area contributed by atoms with Crippen molar-refractivity contribution in [2.24, 2.45) is 0 Å². The quantitative estimate of drug-likeness (QED) is 0.0849. The lowest BCUT2D eigenvalue weighted by atomic mass is 10.2. The molecule has 3 aromatic rings. The third kappa shape index (κ3) is 11.0. The van der Waals surface area contributed by atoms with Gasteiger partial charge in [-0.2, -0.15) is 0 Å². The van der Waals surface area contributed by atoms with Crippen LogP contribution in [-0.2, 0) is 14.3 Å². The largest absolute Gasteiger partial charge is 0.497 e. The van der Waals surface area contributed by atoms with Crippen LogP contribution in [0.3, 0.4) is 0 Å². The molecule has 0 atom stereocenters. The van der Waals surface area contributed by atoms with Crippen LogP contribution in [0.1, 0.15) is 42.4 Å². The first-order valence-corrected chi connectivity index (χ1v) is 12.7. The van der Waals surface area contributed by atoms with Crippen LogP contribution in [-0.4, -0.2) is 32.3 Å². The smallest absolute Gasteiger partial charge is 0.336 e. The Balaban J connectivity index is 1.36. The van der Waals surface area contributed by atoms with E-state index in [1.165, 1.54) is 12.2 Å². The Morgan fingerprint density at radius 3 is 1.87 bits per heavy atom. The number of rotatable bonds is 13. The van der Waals surface area contributed by atoms with Crippen LogP contribution in [0.5, 0.6) is 17.2 Å². The number of hydrogen-bond donors (Lipinski definition) is 0. The van der Waals surface area contributed by atoms with E-state index in [1.54, 1.807) is 25.3 Å². The highest BCUT2D eigenvalue weighted by molar-refractivity contribution is 5.88. The van der Waals surface area contributed by atoms with E-state index in [9.17, 15) is 9.59 Å². The Morgan fingerprint density at radius 1 is 0.718 bits per heavy atom. The minimum absolute atomic E-state index is 0.383. The lowest BCUT2D eigenvalue weighted by Crippen LogP contribution is -2.03. The fourth-order valence-corrected chi connectivity index (χ4v) is 3.39. The van der Waals surface area contributed by atoms with E-state index in [4.69, 9.17) is 18.9 Å². The molecular weight excluding hydrogens is 492 g/mol. The van der Waals surface area contributed by atoms with Crippen LogP contribution in [0.4, 0.5) is 0 Å². The molecule has 0 fully saturated rings. The van der Waals surface area contributed by atoms with Gasteiger partial charge in [0.25, 0.3) is 0 Å². The van der Waals surface area contributed by atoms with Gasteiger partial charge in [0, 0.05) is 23.3 Å². The zero-order chi connectivity index (χ0) is 27.7. The normalized spacial score (nSPS) is 10.3. The maximum atomic E-state index is 12.2. The fraction of sp³-hybridized carbons (Fsp3) is 0.212. The van der Waals surface area contributed by atoms with Crippen molar-refractivity contribution in [3.63, 3.8) is 0 Å². The predicted octanol–water partition coefficient (Wildman–Crippen LogP) is 6.38. The van der Waals surface area contributed by atoms with Gasteiger partial charge in [0.05, 0.1) is 20.3 Å². The molecule has 0 spiro atoms. The topological polar surface area (TPSA) is 71.1 Å². The van der Waals surface area contributed by atoms with Crippen molar-refractivity contribution < 1.29 is 28.5 Å². The van der Waals surface area contributed by atoms with Crippen LogP contribution in [0.15, 0.2) is 91.5 Å². The van der Waals surface area contributed by atoms with Crippen LogP contribution in [0.25, 0.3) is 6.08 Å². The van der Waals surface area contributed by atoms with E-state index >= 15 is 0 Å². The summed E-state index contributed by atoms with van der Waals surface area (Å²) in [5, 5.41) is 0. The Hall–Kier alpha value is -4.76. The maximum Gasteiger partial charge on any atom is 0.336 e. The average Bonchev–Trinajstić information content (AvgIpc) is 2.97. The van der Waals surface area contributed by atoms with Gasteiger partial charge in [-0.1, -0.05) is 30.6 Å². The summed E-state index contributed by atoms with van der Waals surface area (Å²) in [6, 6.07) is 22.1. The van der Waals surface area contributed by atoms with Gasteiger partial charge >= 0.3 is 11.9 Å². The summed E-state index contributed by atoms with van der Waals surface area (Å²) in [4.78, 5) is 23.2. The minimum atomic E-state index is -0.466. The van der Waals surface area contributed by atoms with E-state index in [-0.39, 0.29) is 5.97 Å². The molecule has 0 amide bonds. The molecular formula is C33H32O6. The lowest BCUT2D eigenvalue weighted by molar-refractivity contribution is -0.137.